The third-order valence-electron chi connectivity index (χ3n) is 5.23. The van der Waals surface area contributed by atoms with E-state index in [-0.39, 0.29) is 5.92 Å². The van der Waals surface area contributed by atoms with E-state index >= 15 is 0 Å². The molecule has 2 rings (SSSR count). The lowest BCUT2D eigenvalue weighted by Gasteiger charge is -2.28. The monoisotopic (exact) mass is 321 g/mol. The van der Waals surface area contributed by atoms with E-state index in [1.807, 2.05) is 0 Å². The second-order valence-electron chi connectivity index (χ2n) is 7.15. The molecule has 1 saturated heterocycles. The van der Waals surface area contributed by atoms with Crippen molar-refractivity contribution < 1.29 is 9.53 Å². The Hall–Kier alpha value is -0.670. The molecule has 23 heavy (non-hydrogen) atoms. The zero-order chi connectivity index (χ0) is 16.3. The highest BCUT2D eigenvalue weighted by Crippen LogP contribution is 2.28. The summed E-state index contributed by atoms with van der Waals surface area (Å²) in [6.45, 7) is 6.82. The first-order valence-corrected chi connectivity index (χ1v) is 9.84. The van der Waals surface area contributed by atoms with E-state index in [0.717, 1.165) is 57.7 Å². The van der Waals surface area contributed by atoms with Crippen LogP contribution in [0.25, 0.3) is 0 Å². The molecule has 132 valence electrons. The number of unbranched alkanes of at least 4 members (excludes halogenated alkanes) is 7. The molecule has 0 N–H and O–H groups in total. The van der Waals surface area contributed by atoms with Crippen LogP contribution in [0.4, 0.5) is 0 Å². The summed E-state index contributed by atoms with van der Waals surface area (Å²) in [5.41, 5.74) is 1.12. The van der Waals surface area contributed by atoms with Gasteiger partial charge in [0.05, 0.1) is 13.2 Å². The molecule has 3 heteroatoms. The Morgan fingerprint density at radius 2 is 1.78 bits per heavy atom. The van der Waals surface area contributed by atoms with Gasteiger partial charge in [0.25, 0.3) is 0 Å². The van der Waals surface area contributed by atoms with E-state index in [9.17, 15) is 4.79 Å². The molecule has 1 aliphatic heterocycles. The van der Waals surface area contributed by atoms with Crippen LogP contribution in [0.3, 0.4) is 0 Å². The number of carbonyl (C=O) groups excluding carboxylic acids is 1. The van der Waals surface area contributed by atoms with Crippen molar-refractivity contribution in [3.63, 3.8) is 0 Å². The zero-order valence-corrected chi connectivity index (χ0v) is 15.0. The van der Waals surface area contributed by atoms with Crippen LogP contribution < -0.4 is 0 Å². The van der Waals surface area contributed by atoms with Gasteiger partial charge in [0.15, 0.2) is 5.78 Å². The second-order valence-corrected chi connectivity index (χ2v) is 7.15. The van der Waals surface area contributed by atoms with Gasteiger partial charge in [0.2, 0.25) is 0 Å². The van der Waals surface area contributed by atoms with Gasteiger partial charge in [-0.2, -0.15) is 0 Å². The van der Waals surface area contributed by atoms with Crippen LogP contribution in [-0.4, -0.2) is 43.5 Å². The second kappa shape index (κ2) is 11.0. The Labute approximate surface area is 142 Å². The molecule has 2 aliphatic rings. The zero-order valence-electron chi connectivity index (χ0n) is 15.0. The minimum atomic E-state index is 0.244. The van der Waals surface area contributed by atoms with Gasteiger partial charge in [0.1, 0.15) is 0 Å². The molecule has 0 aromatic rings. The minimum Gasteiger partial charge on any atom is -0.379 e. The standard InChI is InChI=1S/C20H35NO2/c1-2-3-4-5-6-7-8-9-10-18-11-12-19(20(18)22)17-21-13-15-23-16-14-21/h10,19H,2-9,11-17H2,1H3/b18-10+. The molecule has 0 aromatic carbocycles. The number of nitrogens with zero attached hydrogens (tertiary/aromatic N) is 1. The van der Waals surface area contributed by atoms with E-state index in [1.165, 1.54) is 44.9 Å². The Kier molecular flexibility index (Phi) is 8.91. The number of hydrogen-bond acceptors (Lipinski definition) is 3. The maximum atomic E-state index is 12.5. The lowest BCUT2D eigenvalue weighted by molar-refractivity contribution is -0.118. The largest absolute Gasteiger partial charge is 0.379 e. The third kappa shape index (κ3) is 6.76. The molecule has 0 amide bonds. The number of Topliss-reactive ketones (excluding diaryl/α,β-unsaturated/α-hetero) is 1. The Balaban J connectivity index is 1.59. The number of ketones is 1. The van der Waals surface area contributed by atoms with Crippen molar-refractivity contribution in [1.82, 2.24) is 4.90 Å². The predicted molar refractivity (Wildman–Crippen MR) is 95.7 cm³/mol. The van der Waals surface area contributed by atoms with Gasteiger partial charge in [0, 0.05) is 25.6 Å². The fourth-order valence-electron chi connectivity index (χ4n) is 3.70. The Morgan fingerprint density at radius 1 is 1.09 bits per heavy atom. The highest BCUT2D eigenvalue weighted by atomic mass is 16.5. The van der Waals surface area contributed by atoms with Crippen molar-refractivity contribution in [2.45, 2.75) is 71.1 Å². The predicted octanol–water partition coefficient (Wildman–Crippen LogP) is 4.36. The highest BCUT2D eigenvalue weighted by Gasteiger charge is 2.30. The van der Waals surface area contributed by atoms with Gasteiger partial charge in [-0.3, -0.25) is 9.69 Å². The van der Waals surface area contributed by atoms with Crippen LogP contribution in [0.2, 0.25) is 0 Å². The molecule has 1 aliphatic carbocycles. The lowest BCUT2D eigenvalue weighted by atomic mass is 10.0. The van der Waals surface area contributed by atoms with Gasteiger partial charge in [-0.1, -0.05) is 51.5 Å². The quantitative estimate of drug-likeness (QED) is 0.442. The van der Waals surface area contributed by atoms with Crippen molar-refractivity contribution in [3.8, 4) is 0 Å². The lowest BCUT2D eigenvalue weighted by Crippen LogP contribution is -2.40. The van der Waals surface area contributed by atoms with Crippen LogP contribution in [0.1, 0.15) is 71.1 Å². The molecule has 0 bridgehead atoms. The maximum absolute atomic E-state index is 12.5. The number of carbonyl (C=O) groups is 1. The summed E-state index contributed by atoms with van der Waals surface area (Å²) >= 11 is 0. The summed E-state index contributed by atoms with van der Waals surface area (Å²) in [4.78, 5) is 14.9. The molecular weight excluding hydrogens is 286 g/mol. The first-order chi connectivity index (χ1) is 11.3. The summed E-state index contributed by atoms with van der Waals surface area (Å²) in [6.07, 6.45) is 14.8. The van der Waals surface area contributed by atoms with Crippen molar-refractivity contribution >= 4 is 5.78 Å². The average molecular weight is 322 g/mol. The minimum absolute atomic E-state index is 0.244. The summed E-state index contributed by atoms with van der Waals surface area (Å²) in [5, 5.41) is 0. The van der Waals surface area contributed by atoms with E-state index < -0.39 is 0 Å². The molecule has 0 radical (unpaired) electrons. The van der Waals surface area contributed by atoms with Crippen LogP contribution >= 0.6 is 0 Å². The van der Waals surface area contributed by atoms with Gasteiger partial charge in [-0.05, 0) is 31.3 Å². The van der Waals surface area contributed by atoms with Crippen LogP contribution in [0.5, 0.6) is 0 Å². The van der Waals surface area contributed by atoms with Crippen LogP contribution in [0.15, 0.2) is 11.6 Å². The normalized spacial score (nSPS) is 24.7. The number of hydrogen-bond donors (Lipinski definition) is 0. The first kappa shape index (κ1) is 18.7. The van der Waals surface area contributed by atoms with Gasteiger partial charge < -0.3 is 4.74 Å². The van der Waals surface area contributed by atoms with Crippen LogP contribution in [-0.2, 0) is 9.53 Å². The molecule has 0 spiro atoms. The smallest absolute Gasteiger partial charge is 0.162 e. The maximum Gasteiger partial charge on any atom is 0.162 e. The van der Waals surface area contributed by atoms with Crippen molar-refractivity contribution in [2.24, 2.45) is 5.92 Å². The number of rotatable bonds is 10. The number of allylic oxidation sites excluding steroid dienone is 2. The van der Waals surface area contributed by atoms with E-state index in [1.54, 1.807) is 0 Å². The molecule has 0 aromatic heterocycles. The number of morpholine rings is 1. The molecular formula is C20H35NO2. The summed E-state index contributed by atoms with van der Waals surface area (Å²) in [5.74, 6) is 0.674. The van der Waals surface area contributed by atoms with Crippen LogP contribution in [0, 0.1) is 5.92 Å². The summed E-state index contributed by atoms with van der Waals surface area (Å²) in [6, 6.07) is 0. The molecule has 1 saturated carbocycles. The van der Waals surface area contributed by atoms with Gasteiger partial charge in [-0.15, -0.1) is 0 Å². The Bertz CT molecular complexity index is 372. The fourth-order valence-corrected chi connectivity index (χ4v) is 3.70. The van der Waals surface area contributed by atoms with Crippen molar-refractivity contribution in [2.75, 3.05) is 32.8 Å². The van der Waals surface area contributed by atoms with E-state index in [4.69, 9.17) is 4.74 Å². The van der Waals surface area contributed by atoms with Gasteiger partial charge >= 0.3 is 0 Å². The fraction of sp³-hybridized carbons (Fsp3) is 0.850. The summed E-state index contributed by atoms with van der Waals surface area (Å²) in [7, 11) is 0. The molecule has 2 fully saturated rings. The summed E-state index contributed by atoms with van der Waals surface area (Å²) < 4.78 is 5.38. The highest BCUT2D eigenvalue weighted by molar-refractivity contribution is 5.99. The number of ether oxygens (including phenoxy) is 1. The molecule has 3 nitrogen and oxygen atoms in total. The van der Waals surface area contributed by atoms with Gasteiger partial charge in [-0.25, -0.2) is 0 Å². The SMILES string of the molecule is CCCCCCCCC/C=C1\CCC(CN2CCOCC2)C1=O. The topological polar surface area (TPSA) is 29.5 Å². The first-order valence-electron chi connectivity index (χ1n) is 9.84. The molecule has 1 atom stereocenters. The van der Waals surface area contributed by atoms with Crippen molar-refractivity contribution in [3.05, 3.63) is 11.6 Å². The van der Waals surface area contributed by atoms with E-state index in [2.05, 4.69) is 17.9 Å². The van der Waals surface area contributed by atoms with E-state index in [0.29, 0.717) is 5.78 Å². The average Bonchev–Trinajstić information content (AvgIpc) is 2.91. The van der Waals surface area contributed by atoms with Crippen molar-refractivity contribution in [1.29, 1.82) is 0 Å². The third-order valence-corrected chi connectivity index (χ3v) is 5.23. The molecule has 1 heterocycles. The Morgan fingerprint density at radius 3 is 2.52 bits per heavy atom. The molecule has 1 unspecified atom stereocenters.